The van der Waals surface area contributed by atoms with Gasteiger partial charge in [-0.3, -0.25) is 4.90 Å². The number of halogens is 1. The highest BCUT2D eigenvalue weighted by atomic mass is 19.1. The average molecular weight is 486 g/mol. The Kier molecular flexibility index (Phi) is 9.62. The van der Waals surface area contributed by atoms with Crippen LogP contribution in [0.5, 0.6) is 0 Å². The van der Waals surface area contributed by atoms with Gasteiger partial charge in [0.2, 0.25) is 0 Å². The molecule has 1 aromatic heterocycles. The van der Waals surface area contributed by atoms with Gasteiger partial charge in [-0.1, -0.05) is 27.7 Å². The number of aromatic amines is 1. The monoisotopic (exact) mass is 485 g/mol. The predicted octanol–water partition coefficient (Wildman–Crippen LogP) is 4.68. The molecule has 0 unspecified atom stereocenters. The smallest absolute Gasteiger partial charge is 0.123 e. The molecule has 35 heavy (non-hydrogen) atoms. The number of rotatable bonds is 12. The lowest BCUT2D eigenvalue weighted by atomic mass is 10.0. The molecule has 0 bridgehead atoms. The molecule has 2 aliphatic heterocycles. The molecule has 2 aromatic rings. The molecule has 0 saturated carbocycles. The van der Waals surface area contributed by atoms with E-state index in [0.717, 1.165) is 48.8 Å². The fourth-order valence-corrected chi connectivity index (χ4v) is 6.00. The topological polar surface area (TPSA) is 28.8 Å². The number of hydrogen-bond acceptors (Lipinski definition) is 4. The second-order valence-corrected chi connectivity index (χ2v) is 11.7. The zero-order valence-electron chi connectivity index (χ0n) is 22.7. The molecule has 4 rings (SSSR count). The van der Waals surface area contributed by atoms with E-state index in [1.54, 1.807) is 12.1 Å². The highest BCUT2D eigenvalue weighted by Crippen LogP contribution is 2.28. The first-order valence-corrected chi connectivity index (χ1v) is 14.1. The number of nitrogens with zero attached hydrogens (tertiary/aromatic N) is 4. The first kappa shape index (κ1) is 26.6. The maximum atomic E-state index is 13.8. The molecule has 3 heterocycles. The van der Waals surface area contributed by atoms with Crippen LogP contribution in [0.25, 0.3) is 10.9 Å². The molecule has 0 atom stereocenters. The van der Waals surface area contributed by atoms with Gasteiger partial charge in [0.05, 0.1) is 0 Å². The SMILES string of the molecule is CC(C)CN(CCCN1CCN(CCCN2CCc3[nH]c4ccc(F)cc4c3C2)CC1)CC(C)C. The van der Waals surface area contributed by atoms with E-state index in [9.17, 15) is 4.39 Å². The lowest BCUT2D eigenvalue weighted by Crippen LogP contribution is -2.47. The van der Waals surface area contributed by atoms with Gasteiger partial charge in [0, 0.05) is 75.4 Å². The normalized spacial score (nSPS) is 18.4. The van der Waals surface area contributed by atoms with Crippen molar-refractivity contribution in [1.82, 2.24) is 24.6 Å². The lowest BCUT2D eigenvalue weighted by molar-refractivity contribution is 0.118. The molecule has 196 valence electrons. The van der Waals surface area contributed by atoms with E-state index in [1.165, 1.54) is 83.0 Å². The van der Waals surface area contributed by atoms with E-state index in [0.29, 0.717) is 0 Å². The summed E-state index contributed by atoms with van der Waals surface area (Å²) in [6, 6.07) is 5.12. The van der Waals surface area contributed by atoms with Crippen molar-refractivity contribution in [2.75, 3.05) is 72.0 Å². The van der Waals surface area contributed by atoms with Gasteiger partial charge in [-0.2, -0.15) is 0 Å². The molecular formula is C29H48FN5. The van der Waals surface area contributed by atoms with Crippen LogP contribution in [0.4, 0.5) is 4.39 Å². The third-order valence-electron chi connectivity index (χ3n) is 7.63. The zero-order chi connectivity index (χ0) is 24.8. The van der Waals surface area contributed by atoms with Gasteiger partial charge in [0.15, 0.2) is 0 Å². The maximum absolute atomic E-state index is 13.8. The number of aromatic nitrogens is 1. The minimum atomic E-state index is -0.140. The van der Waals surface area contributed by atoms with Crippen LogP contribution in [-0.2, 0) is 13.0 Å². The van der Waals surface area contributed by atoms with Crippen LogP contribution in [0.15, 0.2) is 18.2 Å². The van der Waals surface area contributed by atoms with E-state index in [-0.39, 0.29) is 5.82 Å². The number of nitrogens with one attached hydrogen (secondary N) is 1. The van der Waals surface area contributed by atoms with Crippen molar-refractivity contribution in [3.05, 3.63) is 35.3 Å². The Bertz CT molecular complexity index is 905. The Hall–Kier alpha value is -1.47. The molecule has 1 fully saturated rings. The first-order valence-electron chi connectivity index (χ1n) is 14.1. The van der Waals surface area contributed by atoms with Gasteiger partial charge in [-0.15, -0.1) is 0 Å². The van der Waals surface area contributed by atoms with Gasteiger partial charge in [-0.25, -0.2) is 4.39 Å². The molecule has 5 nitrogen and oxygen atoms in total. The second kappa shape index (κ2) is 12.7. The highest BCUT2D eigenvalue weighted by molar-refractivity contribution is 5.84. The number of hydrogen-bond donors (Lipinski definition) is 1. The summed E-state index contributed by atoms with van der Waals surface area (Å²) in [4.78, 5) is 14.0. The van der Waals surface area contributed by atoms with Crippen molar-refractivity contribution in [2.45, 2.75) is 53.5 Å². The number of benzene rings is 1. The summed E-state index contributed by atoms with van der Waals surface area (Å²) in [6.07, 6.45) is 3.54. The van der Waals surface area contributed by atoms with E-state index in [1.807, 2.05) is 6.07 Å². The van der Waals surface area contributed by atoms with Crippen LogP contribution in [0.1, 0.15) is 51.8 Å². The van der Waals surface area contributed by atoms with Crippen LogP contribution in [0.2, 0.25) is 0 Å². The third-order valence-corrected chi connectivity index (χ3v) is 7.63. The Labute approximate surface area is 212 Å². The lowest BCUT2D eigenvalue weighted by Gasteiger charge is -2.36. The van der Waals surface area contributed by atoms with Crippen LogP contribution in [0, 0.1) is 17.7 Å². The van der Waals surface area contributed by atoms with Gasteiger partial charge in [0.1, 0.15) is 5.82 Å². The number of fused-ring (bicyclic) bond motifs is 3. The van der Waals surface area contributed by atoms with E-state index >= 15 is 0 Å². The Morgan fingerprint density at radius 2 is 1.49 bits per heavy atom. The van der Waals surface area contributed by atoms with Crippen LogP contribution >= 0.6 is 0 Å². The molecule has 0 aliphatic carbocycles. The van der Waals surface area contributed by atoms with E-state index in [4.69, 9.17) is 0 Å². The predicted molar refractivity (Wildman–Crippen MR) is 145 cm³/mol. The molecule has 0 spiro atoms. The molecule has 2 aliphatic rings. The summed E-state index contributed by atoms with van der Waals surface area (Å²) in [6.45, 7) is 23.4. The minimum absolute atomic E-state index is 0.140. The Morgan fingerprint density at radius 3 is 2.14 bits per heavy atom. The average Bonchev–Trinajstić information content (AvgIpc) is 3.16. The second-order valence-electron chi connectivity index (χ2n) is 11.7. The molecule has 0 amide bonds. The number of piperazine rings is 1. The van der Waals surface area contributed by atoms with Crippen molar-refractivity contribution < 1.29 is 4.39 Å². The zero-order valence-corrected chi connectivity index (χ0v) is 22.7. The van der Waals surface area contributed by atoms with Crippen molar-refractivity contribution in [1.29, 1.82) is 0 Å². The van der Waals surface area contributed by atoms with Gasteiger partial charge < -0.3 is 19.7 Å². The van der Waals surface area contributed by atoms with Gasteiger partial charge in [0.25, 0.3) is 0 Å². The van der Waals surface area contributed by atoms with E-state index < -0.39 is 0 Å². The summed E-state index contributed by atoms with van der Waals surface area (Å²) < 4.78 is 13.8. The largest absolute Gasteiger partial charge is 0.358 e. The molecule has 1 aromatic carbocycles. The number of H-pyrrole nitrogens is 1. The Morgan fingerprint density at radius 1 is 0.857 bits per heavy atom. The minimum Gasteiger partial charge on any atom is -0.358 e. The third kappa shape index (κ3) is 7.75. The van der Waals surface area contributed by atoms with Gasteiger partial charge in [-0.05, 0) is 74.6 Å². The van der Waals surface area contributed by atoms with Crippen molar-refractivity contribution in [2.24, 2.45) is 11.8 Å². The van der Waals surface area contributed by atoms with Gasteiger partial charge >= 0.3 is 0 Å². The quantitative estimate of drug-likeness (QED) is 0.473. The van der Waals surface area contributed by atoms with E-state index in [2.05, 4.69) is 52.3 Å². The highest BCUT2D eigenvalue weighted by Gasteiger charge is 2.22. The summed E-state index contributed by atoms with van der Waals surface area (Å²) in [7, 11) is 0. The molecule has 0 radical (unpaired) electrons. The first-order chi connectivity index (χ1) is 16.9. The molecule has 6 heteroatoms. The van der Waals surface area contributed by atoms with Crippen molar-refractivity contribution in [3.8, 4) is 0 Å². The van der Waals surface area contributed by atoms with Crippen LogP contribution < -0.4 is 0 Å². The fourth-order valence-electron chi connectivity index (χ4n) is 6.00. The van der Waals surface area contributed by atoms with Crippen LogP contribution in [0.3, 0.4) is 0 Å². The summed E-state index contributed by atoms with van der Waals surface area (Å²) in [5, 5.41) is 1.07. The van der Waals surface area contributed by atoms with Crippen LogP contribution in [-0.4, -0.2) is 96.6 Å². The summed E-state index contributed by atoms with van der Waals surface area (Å²) >= 11 is 0. The fraction of sp³-hybridized carbons (Fsp3) is 0.724. The Balaban J connectivity index is 1.12. The van der Waals surface area contributed by atoms with Crippen molar-refractivity contribution >= 4 is 10.9 Å². The molecule has 1 saturated heterocycles. The maximum Gasteiger partial charge on any atom is 0.123 e. The summed E-state index contributed by atoms with van der Waals surface area (Å²) in [5.74, 6) is 1.35. The molecular weight excluding hydrogens is 437 g/mol. The summed E-state index contributed by atoms with van der Waals surface area (Å²) in [5.41, 5.74) is 3.68. The molecule has 1 N–H and O–H groups in total. The standard InChI is InChI=1S/C29H48FN5/c1-23(2)20-35(21-24(3)4)13-6-11-33-17-15-32(16-18-33)10-5-12-34-14-9-29-27(22-34)26-19-25(30)7-8-28(26)31-29/h7-8,19,23-24,31H,5-6,9-18,20-22H2,1-4H3. The van der Waals surface area contributed by atoms with Crippen molar-refractivity contribution in [3.63, 3.8) is 0 Å².